The standard InChI is InChI=1S/C12H17NO2/c1-3-4-7-15-12-8-11(14-2)6-5-10(12)9-13/h3-6,8H,7,9,13H2,1-2H3. The minimum atomic E-state index is 0.467. The van der Waals surface area contributed by atoms with Crippen molar-refractivity contribution in [2.75, 3.05) is 13.7 Å². The van der Waals surface area contributed by atoms with Gasteiger partial charge in [-0.3, -0.25) is 0 Å². The van der Waals surface area contributed by atoms with Gasteiger partial charge in [-0.15, -0.1) is 0 Å². The number of benzene rings is 1. The molecular weight excluding hydrogens is 190 g/mol. The van der Waals surface area contributed by atoms with Gasteiger partial charge in [0.2, 0.25) is 0 Å². The fourth-order valence-electron chi connectivity index (χ4n) is 1.20. The van der Waals surface area contributed by atoms with Gasteiger partial charge < -0.3 is 15.2 Å². The first-order chi connectivity index (χ1) is 7.31. The molecule has 2 N–H and O–H groups in total. The Bertz CT molecular complexity index is 334. The van der Waals surface area contributed by atoms with E-state index < -0.39 is 0 Å². The fourth-order valence-corrected chi connectivity index (χ4v) is 1.20. The lowest BCUT2D eigenvalue weighted by molar-refractivity contribution is 0.353. The molecule has 3 nitrogen and oxygen atoms in total. The number of methoxy groups -OCH3 is 1. The molecule has 0 saturated carbocycles. The number of rotatable bonds is 5. The number of hydrogen-bond acceptors (Lipinski definition) is 3. The van der Waals surface area contributed by atoms with E-state index in [9.17, 15) is 0 Å². The molecule has 0 aliphatic rings. The smallest absolute Gasteiger partial charge is 0.127 e. The van der Waals surface area contributed by atoms with Gasteiger partial charge in [0.1, 0.15) is 18.1 Å². The minimum absolute atomic E-state index is 0.467. The first-order valence-electron chi connectivity index (χ1n) is 4.92. The van der Waals surface area contributed by atoms with Crippen molar-refractivity contribution in [3.63, 3.8) is 0 Å². The number of allylic oxidation sites excluding steroid dienone is 1. The lowest BCUT2D eigenvalue weighted by Gasteiger charge is -2.10. The van der Waals surface area contributed by atoms with Crippen molar-refractivity contribution in [2.45, 2.75) is 13.5 Å². The lowest BCUT2D eigenvalue weighted by atomic mass is 10.2. The van der Waals surface area contributed by atoms with Crippen molar-refractivity contribution < 1.29 is 9.47 Å². The molecule has 0 fully saturated rings. The molecule has 0 bridgehead atoms. The lowest BCUT2D eigenvalue weighted by Crippen LogP contribution is -2.02. The molecule has 0 radical (unpaired) electrons. The van der Waals surface area contributed by atoms with Gasteiger partial charge in [-0.2, -0.15) is 0 Å². The molecule has 0 unspecified atom stereocenters. The van der Waals surface area contributed by atoms with Crippen LogP contribution < -0.4 is 15.2 Å². The van der Waals surface area contributed by atoms with Crippen molar-refractivity contribution >= 4 is 0 Å². The van der Waals surface area contributed by atoms with Crippen molar-refractivity contribution in [1.82, 2.24) is 0 Å². The van der Waals surface area contributed by atoms with Crippen LogP contribution >= 0.6 is 0 Å². The van der Waals surface area contributed by atoms with E-state index in [4.69, 9.17) is 15.2 Å². The Kier molecular flexibility index (Phi) is 4.71. The Morgan fingerprint density at radius 2 is 2.20 bits per heavy atom. The molecule has 0 spiro atoms. The summed E-state index contributed by atoms with van der Waals surface area (Å²) >= 11 is 0. The maximum Gasteiger partial charge on any atom is 0.127 e. The third kappa shape index (κ3) is 3.29. The minimum Gasteiger partial charge on any atom is -0.497 e. The molecule has 0 heterocycles. The molecule has 0 saturated heterocycles. The normalized spacial score (nSPS) is 10.6. The highest BCUT2D eigenvalue weighted by atomic mass is 16.5. The Hall–Kier alpha value is -1.48. The van der Waals surface area contributed by atoms with Crippen LogP contribution in [0.1, 0.15) is 12.5 Å². The maximum atomic E-state index is 5.61. The van der Waals surface area contributed by atoms with Crippen LogP contribution in [-0.2, 0) is 6.54 Å². The van der Waals surface area contributed by atoms with Gasteiger partial charge in [0.25, 0.3) is 0 Å². The summed E-state index contributed by atoms with van der Waals surface area (Å²) in [7, 11) is 1.63. The van der Waals surface area contributed by atoms with E-state index in [2.05, 4.69) is 0 Å². The summed E-state index contributed by atoms with van der Waals surface area (Å²) in [5.41, 5.74) is 6.59. The van der Waals surface area contributed by atoms with Gasteiger partial charge in [-0.1, -0.05) is 18.2 Å². The zero-order valence-corrected chi connectivity index (χ0v) is 9.19. The van der Waals surface area contributed by atoms with Crippen LogP contribution in [-0.4, -0.2) is 13.7 Å². The Balaban J connectivity index is 2.81. The quantitative estimate of drug-likeness (QED) is 0.752. The van der Waals surface area contributed by atoms with Crippen LogP contribution in [0.2, 0.25) is 0 Å². The molecule has 15 heavy (non-hydrogen) atoms. The van der Waals surface area contributed by atoms with E-state index in [1.807, 2.05) is 37.3 Å². The van der Waals surface area contributed by atoms with Crippen LogP contribution in [0.4, 0.5) is 0 Å². The van der Waals surface area contributed by atoms with E-state index in [1.165, 1.54) is 0 Å². The second-order valence-electron chi connectivity index (χ2n) is 3.06. The van der Waals surface area contributed by atoms with E-state index in [-0.39, 0.29) is 0 Å². The molecular formula is C12H17NO2. The van der Waals surface area contributed by atoms with Crippen LogP contribution in [0.15, 0.2) is 30.4 Å². The Labute approximate surface area is 90.5 Å². The summed E-state index contributed by atoms with van der Waals surface area (Å²) in [6.07, 6.45) is 3.89. The predicted octanol–water partition coefficient (Wildman–Crippen LogP) is 2.11. The third-order valence-corrected chi connectivity index (χ3v) is 2.07. The highest BCUT2D eigenvalue weighted by Gasteiger charge is 2.03. The Morgan fingerprint density at radius 1 is 1.40 bits per heavy atom. The van der Waals surface area contributed by atoms with E-state index in [0.29, 0.717) is 13.2 Å². The number of ether oxygens (including phenoxy) is 2. The molecule has 3 heteroatoms. The van der Waals surface area contributed by atoms with Crippen LogP contribution in [0.3, 0.4) is 0 Å². The summed E-state index contributed by atoms with van der Waals surface area (Å²) < 4.78 is 10.7. The molecule has 0 aromatic heterocycles. The number of nitrogens with two attached hydrogens (primary N) is 1. The van der Waals surface area contributed by atoms with Gasteiger partial charge in [0.05, 0.1) is 7.11 Å². The largest absolute Gasteiger partial charge is 0.497 e. The third-order valence-electron chi connectivity index (χ3n) is 2.07. The fraction of sp³-hybridized carbons (Fsp3) is 0.333. The average Bonchev–Trinajstić information content (AvgIpc) is 2.29. The van der Waals surface area contributed by atoms with Crippen molar-refractivity contribution in [3.05, 3.63) is 35.9 Å². The molecule has 1 aromatic rings. The Morgan fingerprint density at radius 3 is 2.80 bits per heavy atom. The molecule has 82 valence electrons. The molecule has 0 aliphatic carbocycles. The zero-order chi connectivity index (χ0) is 11.1. The second-order valence-corrected chi connectivity index (χ2v) is 3.06. The monoisotopic (exact) mass is 207 g/mol. The molecule has 0 amide bonds. The summed E-state index contributed by atoms with van der Waals surface area (Å²) in [6.45, 7) is 2.98. The molecule has 1 aromatic carbocycles. The van der Waals surface area contributed by atoms with Gasteiger partial charge in [0, 0.05) is 18.2 Å². The summed E-state index contributed by atoms with van der Waals surface area (Å²) in [6, 6.07) is 5.65. The van der Waals surface area contributed by atoms with Crippen molar-refractivity contribution in [3.8, 4) is 11.5 Å². The average molecular weight is 207 g/mol. The molecule has 1 rings (SSSR count). The van der Waals surface area contributed by atoms with E-state index in [0.717, 1.165) is 17.1 Å². The van der Waals surface area contributed by atoms with Gasteiger partial charge in [-0.25, -0.2) is 0 Å². The van der Waals surface area contributed by atoms with E-state index >= 15 is 0 Å². The highest BCUT2D eigenvalue weighted by molar-refractivity contribution is 5.40. The second kappa shape index (κ2) is 6.09. The van der Waals surface area contributed by atoms with Crippen molar-refractivity contribution in [2.24, 2.45) is 5.73 Å². The first-order valence-corrected chi connectivity index (χ1v) is 4.92. The predicted molar refractivity (Wildman–Crippen MR) is 61.2 cm³/mol. The van der Waals surface area contributed by atoms with Crippen LogP contribution in [0.25, 0.3) is 0 Å². The number of hydrogen-bond donors (Lipinski definition) is 1. The first kappa shape index (κ1) is 11.6. The van der Waals surface area contributed by atoms with E-state index in [1.54, 1.807) is 7.11 Å². The van der Waals surface area contributed by atoms with Gasteiger partial charge >= 0.3 is 0 Å². The maximum absolute atomic E-state index is 5.61. The van der Waals surface area contributed by atoms with Gasteiger partial charge in [-0.05, 0) is 13.0 Å². The summed E-state index contributed by atoms with van der Waals surface area (Å²) in [4.78, 5) is 0. The summed E-state index contributed by atoms with van der Waals surface area (Å²) in [5, 5.41) is 0. The van der Waals surface area contributed by atoms with Crippen LogP contribution in [0, 0.1) is 0 Å². The van der Waals surface area contributed by atoms with Gasteiger partial charge in [0.15, 0.2) is 0 Å². The van der Waals surface area contributed by atoms with Crippen LogP contribution in [0.5, 0.6) is 11.5 Å². The highest BCUT2D eigenvalue weighted by Crippen LogP contribution is 2.24. The SMILES string of the molecule is CC=CCOc1cc(OC)ccc1CN. The zero-order valence-electron chi connectivity index (χ0n) is 9.19. The topological polar surface area (TPSA) is 44.5 Å². The molecule has 0 aliphatic heterocycles. The van der Waals surface area contributed by atoms with Crippen molar-refractivity contribution in [1.29, 1.82) is 0 Å². The molecule has 0 atom stereocenters. The summed E-state index contributed by atoms with van der Waals surface area (Å²) in [5.74, 6) is 1.57.